The van der Waals surface area contributed by atoms with Crippen LogP contribution in [-0.2, 0) is 16.0 Å². The summed E-state index contributed by atoms with van der Waals surface area (Å²) in [5.74, 6) is -1.80. The van der Waals surface area contributed by atoms with Crippen molar-refractivity contribution >= 4 is 40.7 Å². The van der Waals surface area contributed by atoms with E-state index in [0.29, 0.717) is 11.1 Å². The van der Waals surface area contributed by atoms with Crippen molar-refractivity contribution in [2.75, 3.05) is 50.1 Å². The van der Waals surface area contributed by atoms with Gasteiger partial charge in [-0.1, -0.05) is 18.2 Å². The van der Waals surface area contributed by atoms with Crippen molar-refractivity contribution in [2.45, 2.75) is 31.7 Å². The Morgan fingerprint density at radius 1 is 0.667 bits per heavy atom. The van der Waals surface area contributed by atoms with E-state index in [4.69, 9.17) is 5.10 Å². The molecule has 4 amide bonds. The van der Waals surface area contributed by atoms with Gasteiger partial charge in [0.05, 0.1) is 16.8 Å². The van der Waals surface area contributed by atoms with Crippen LogP contribution in [0.5, 0.6) is 0 Å². The first-order chi connectivity index (χ1) is 26.3. The number of likely N-dealkylation sites (N-methyl/N-ethyl adjacent to an activating group) is 1. The van der Waals surface area contributed by atoms with Crippen molar-refractivity contribution < 1.29 is 19.2 Å². The number of piperidine rings is 1. The molecule has 2 saturated heterocycles. The summed E-state index contributed by atoms with van der Waals surface area (Å²) in [7, 11) is 3.26. The summed E-state index contributed by atoms with van der Waals surface area (Å²) in [6.07, 6.45) is 7.91. The first-order valence-corrected chi connectivity index (χ1v) is 18.3. The lowest BCUT2D eigenvalue weighted by molar-refractivity contribution is -0.149. The maximum Gasteiger partial charge on any atom is 0.262 e. The largest absolute Gasteiger partial charge is 0.368 e. The van der Waals surface area contributed by atoms with Crippen LogP contribution in [0.1, 0.15) is 51.1 Å². The number of aliphatic imine (C=N–C) groups is 1. The number of aromatic nitrogens is 3. The molecule has 4 aliphatic rings. The standard InChI is InChI=1S/C42H38N8O4/c1-43-36-12-4-27-23-28(3-10-32(27)36)35-25-49(45-39(35)26-15-17-44-18-16-26)30-7-5-29(6-8-30)47-19-21-48(22-20-47)31-9-11-33-34(24-31)41(53)50(40(33)52)37-13-14-38(51)46(2)42(37)54/h3,5-11,15-18,23-25,37H,4,12-14,19-22H2,1-2H3. The van der Waals surface area contributed by atoms with Crippen LogP contribution >= 0.6 is 0 Å². The fourth-order valence-corrected chi connectivity index (χ4v) is 8.21. The molecular formula is C42H38N8O4. The number of rotatable bonds is 6. The number of piperazine rings is 1. The normalized spacial score (nSPS) is 19.3. The Morgan fingerprint density at radius 3 is 2.07 bits per heavy atom. The molecule has 12 heteroatoms. The van der Waals surface area contributed by atoms with Crippen LogP contribution in [0.25, 0.3) is 28.1 Å². The Labute approximate surface area is 312 Å². The van der Waals surface area contributed by atoms with Crippen LogP contribution in [0.2, 0.25) is 0 Å². The third-order valence-corrected chi connectivity index (χ3v) is 11.3. The number of hydrogen-bond donors (Lipinski definition) is 0. The highest BCUT2D eigenvalue weighted by atomic mass is 16.2. The molecule has 0 radical (unpaired) electrons. The van der Waals surface area contributed by atoms with Gasteiger partial charge >= 0.3 is 0 Å². The van der Waals surface area contributed by atoms with Gasteiger partial charge in [-0.05, 0) is 90.6 Å². The summed E-state index contributed by atoms with van der Waals surface area (Å²) in [5.41, 5.74) is 11.3. The molecule has 2 fully saturated rings. The maximum atomic E-state index is 13.5. The van der Waals surface area contributed by atoms with Gasteiger partial charge in [0.1, 0.15) is 11.7 Å². The molecule has 0 saturated carbocycles. The number of hydrogen-bond acceptors (Lipinski definition) is 9. The van der Waals surface area contributed by atoms with Crippen molar-refractivity contribution in [3.8, 4) is 28.1 Å². The number of carbonyl (C=O) groups excluding carboxylic acids is 4. The third kappa shape index (κ3) is 5.56. The Morgan fingerprint density at radius 2 is 1.33 bits per heavy atom. The number of imide groups is 2. The van der Waals surface area contributed by atoms with Crippen molar-refractivity contribution in [1.29, 1.82) is 0 Å². The molecule has 0 bridgehead atoms. The zero-order valence-corrected chi connectivity index (χ0v) is 30.1. The average molecular weight is 719 g/mol. The molecule has 9 rings (SSSR count). The second-order valence-electron chi connectivity index (χ2n) is 14.2. The minimum atomic E-state index is -0.966. The van der Waals surface area contributed by atoms with Crippen molar-refractivity contribution in [1.82, 2.24) is 24.6 Å². The molecule has 12 nitrogen and oxygen atoms in total. The van der Waals surface area contributed by atoms with Crippen LogP contribution in [0.3, 0.4) is 0 Å². The minimum Gasteiger partial charge on any atom is -0.368 e. The van der Waals surface area contributed by atoms with E-state index < -0.39 is 23.8 Å². The van der Waals surface area contributed by atoms with Crippen LogP contribution < -0.4 is 9.80 Å². The Hall–Kier alpha value is -6.43. The summed E-state index contributed by atoms with van der Waals surface area (Å²) in [4.78, 5) is 66.9. The van der Waals surface area contributed by atoms with Crippen LogP contribution in [0.4, 0.5) is 11.4 Å². The number of likely N-dealkylation sites (tertiary alicyclic amines) is 1. The molecule has 2 aromatic heterocycles. The summed E-state index contributed by atoms with van der Waals surface area (Å²) in [6, 6.07) is 23.4. The minimum absolute atomic E-state index is 0.113. The van der Waals surface area contributed by atoms with Gasteiger partial charge in [-0.2, -0.15) is 5.10 Å². The van der Waals surface area contributed by atoms with E-state index in [-0.39, 0.29) is 18.7 Å². The first-order valence-electron chi connectivity index (χ1n) is 18.3. The molecule has 5 aromatic rings. The van der Waals surface area contributed by atoms with E-state index in [0.717, 1.165) is 94.0 Å². The predicted molar refractivity (Wildman–Crippen MR) is 205 cm³/mol. The SMILES string of the molecule is CN=C1CCc2cc(-c3cn(-c4ccc(N5CCN(c6ccc7c(c6)C(=O)N(C6CCC(=O)N(C)C6=O)C7=O)CC5)cc4)nc3-c3ccncc3)ccc21. The molecule has 3 aliphatic heterocycles. The highest BCUT2D eigenvalue weighted by Crippen LogP contribution is 2.36. The fraction of sp³-hybridized carbons (Fsp3) is 0.262. The van der Waals surface area contributed by atoms with Gasteiger partial charge in [0, 0.05) is 93.5 Å². The zero-order valence-electron chi connectivity index (χ0n) is 30.1. The van der Waals surface area contributed by atoms with Gasteiger partial charge in [0.25, 0.3) is 17.7 Å². The van der Waals surface area contributed by atoms with Crippen LogP contribution in [0, 0.1) is 0 Å². The van der Waals surface area contributed by atoms with Crippen LogP contribution in [0.15, 0.2) is 96.4 Å². The quantitative estimate of drug-likeness (QED) is 0.224. The Bertz CT molecular complexity index is 2380. The highest BCUT2D eigenvalue weighted by Gasteiger charge is 2.46. The number of carbonyl (C=O) groups is 4. The zero-order chi connectivity index (χ0) is 37.1. The maximum absolute atomic E-state index is 13.5. The van der Waals surface area contributed by atoms with Gasteiger partial charge in [0.15, 0.2) is 0 Å². The molecule has 3 aromatic carbocycles. The topological polar surface area (TPSA) is 124 Å². The molecule has 54 heavy (non-hydrogen) atoms. The third-order valence-electron chi connectivity index (χ3n) is 11.3. The molecule has 270 valence electrons. The van der Waals surface area contributed by atoms with Gasteiger partial charge in [-0.25, -0.2) is 4.68 Å². The van der Waals surface area contributed by atoms with Crippen molar-refractivity contribution in [2.24, 2.45) is 4.99 Å². The van der Waals surface area contributed by atoms with Crippen molar-refractivity contribution in [3.63, 3.8) is 0 Å². The molecular weight excluding hydrogens is 681 g/mol. The number of anilines is 2. The second-order valence-corrected chi connectivity index (χ2v) is 14.2. The van der Waals surface area contributed by atoms with E-state index >= 15 is 0 Å². The number of fused-ring (bicyclic) bond motifs is 2. The van der Waals surface area contributed by atoms with Crippen LogP contribution in [-0.4, -0.2) is 100 Å². The Kier molecular flexibility index (Phi) is 8.17. The molecule has 0 N–H and O–H groups in total. The molecule has 1 unspecified atom stereocenters. The number of benzene rings is 3. The summed E-state index contributed by atoms with van der Waals surface area (Å²) < 4.78 is 1.95. The summed E-state index contributed by atoms with van der Waals surface area (Å²) in [6.45, 7) is 3.00. The Balaban J connectivity index is 0.903. The monoisotopic (exact) mass is 718 g/mol. The van der Waals surface area contributed by atoms with E-state index in [1.54, 1.807) is 24.5 Å². The number of pyridine rings is 1. The lowest BCUT2D eigenvalue weighted by Gasteiger charge is -2.37. The first kappa shape index (κ1) is 33.4. The molecule has 1 atom stereocenters. The fourth-order valence-electron chi connectivity index (χ4n) is 8.21. The van der Waals surface area contributed by atoms with Gasteiger partial charge < -0.3 is 9.80 Å². The number of nitrogens with zero attached hydrogens (tertiary/aromatic N) is 8. The molecule has 5 heterocycles. The number of amides is 4. The molecule has 0 spiro atoms. The van der Waals surface area contributed by atoms with Crippen molar-refractivity contribution in [3.05, 3.63) is 114 Å². The highest BCUT2D eigenvalue weighted by molar-refractivity contribution is 6.23. The second kappa shape index (κ2) is 13.2. The van der Waals surface area contributed by atoms with E-state index in [2.05, 4.69) is 68.4 Å². The predicted octanol–water partition coefficient (Wildman–Crippen LogP) is 5.04. The van der Waals surface area contributed by atoms with E-state index in [1.165, 1.54) is 18.2 Å². The lowest BCUT2D eigenvalue weighted by Crippen LogP contribution is -2.54. The van der Waals surface area contributed by atoms with E-state index in [1.807, 2.05) is 29.9 Å². The smallest absolute Gasteiger partial charge is 0.262 e. The number of aryl methyl sites for hydroxylation is 1. The summed E-state index contributed by atoms with van der Waals surface area (Å²) in [5, 5.41) is 5.08. The average Bonchev–Trinajstić information content (AvgIpc) is 3.91. The summed E-state index contributed by atoms with van der Waals surface area (Å²) >= 11 is 0. The van der Waals surface area contributed by atoms with Gasteiger partial charge in [0.2, 0.25) is 5.91 Å². The van der Waals surface area contributed by atoms with Gasteiger partial charge in [-0.15, -0.1) is 0 Å². The lowest BCUT2D eigenvalue weighted by atomic mass is 9.98. The van der Waals surface area contributed by atoms with Gasteiger partial charge in [-0.3, -0.25) is 39.0 Å². The molecule has 1 aliphatic carbocycles. The van der Waals surface area contributed by atoms with E-state index in [9.17, 15) is 19.2 Å².